The van der Waals surface area contributed by atoms with Crippen molar-refractivity contribution in [3.05, 3.63) is 28.8 Å². The Bertz CT molecular complexity index is 869. The fourth-order valence-electron chi connectivity index (χ4n) is 1.45. The molecule has 0 amide bonds. The van der Waals surface area contributed by atoms with Gasteiger partial charge in [0.2, 0.25) is 20.0 Å². The van der Waals surface area contributed by atoms with Crippen molar-refractivity contribution in [1.29, 1.82) is 0 Å². The fraction of sp³-hybridized carbons (Fsp3) is 0.100. The normalized spacial score (nSPS) is 11.8. The summed E-state index contributed by atoms with van der Waals surface area (Å²) >= 11 is 16.7. The lowest BCUT2D eigenvalue weighted by Crippen LogP contribution is -2.30. The Morgan fingerprint density at radius 1 is 1.17 bits per heavy atom. The Balaban J connectivity index is 3.60. The molecule has 1 rings (SSSR count). The van der Waals surface area contributed by atoms with Crippen LogP contribution in [0, 0.1) is 0 Å². The van der Waals surface area contributed by atoms with Crippen LogP contribution in [-0.2, 0) is 20.0 Å². The summed E-state index contributed by atoms with van der Waals surface area (Å²) < 4.78 is 46.4. The van der Waals surface area contributed by atoms with E-state index in [0.717, 1.165) is 0 Å². The van der Waals surface area contributed by atoms with Gasteiger partial charge in [0.05, 0.1) is 15.7 Å². The van der Waals surface area contributed by atoms with Gasteiger partial charge in [-0.25, -0.2) is 27.1 Å². The average molecular weight is 419 g/mol. The maximum atomic E-state index is 11.7. The minimum atomic E-state index is -4.35. The zero-order valence-corrected chi connectivity index (χ0v) is 15.3. The lowest BCUT2D eigenvalue weighted by molar-refractivity contribution is 0.596. The van der Waals surface area contributed by atoms with Crippen LogP contribution in [0.5, 0.6) is 0 Å². The maximum Gasteiger partial charge on any atom is 0.240 e. The highest BCUT2D eigenvalue weighted by Crippen LogP contribution is 2.39. The summed E-state index contributed by atoms with van der Waals surface area (Å²) in [5, 5.41) is 14.4. The van der Waals surface area contributed by atoms with Crippen LogP contribution < -0.4 is 20.9 Å². The highest BCUT2D eigenvalue weighted by atomic mass is 35.5. The molecule has 23 heavy (non-hydrogen) atoms. The fourth-order valence-corrected chi connectivity index (χ4v) is 3.90. The molecular weight excluding hydrogens is 407 g/mol. The topological polar surface area (TPSA) is 144 Å². The molecule has 0 aliphatic heterocycles. The Morgan fingerprint density at radius 2 is 1.70 bits per heavy atom. The number of thiocarbonyl (C=S) groups is 1. The monoisotopic (exact) mass is 418 g/mol. The number of hydrogen-bond donors (Lipinski definition) is 4. The Kier molecular flexibility index (Phi) is 6.38. The van der Waals surface area contributed by atoms with Gasteiger partial charge in [-0.05, 0) is 18.3 Å². The van der Waals surface area contributed by atoms with E-state index in [1.165, 1.54) is 6.08 Å². The average Bonchev–Trinajstić information content (AvgIpc) is 2.39. The van der Waals surface area contributed by atoms with Gasteiger partial charge in [-0.15, -0.1) is 6.58 Å². The van der Waals surface area contributed by atoms with E-state index in [-0.39, 0.29) is 17.3 Å². The van der Waals surface area contributed by atoms with Crippen LogP contribution in [0.1, 0.15) is 0 Å². The molecule has 0 bridgehead atoms. The van der Waals surface area contributed by atoms with Crippen LogP contribution in [0.2, 0.25) is 10.0 Å². The van der Waals surface area contributed by atoms with Gasteiger partial charge < -0.3 is 10.6 Å². The number of nitrogens with two attached hydrogens (primary N) is 2. The van der Waals surface area contributed by atoms with Crippen molar-refractivity contribution in [1.82, 2.24) is 5.32 Å². The molecule has 0 spiro atoms. The molecule has 0 atom stereocenters. The minimum absolute atomic E-state index is 0.00359. The highest BCUT2D eigenvalue weighted by Gasteiger charge is 2.26. The van der Waals surface area contributed by atoms with Gasteiger partial charge in [-0.1, -0.05) is 29.3 Å². The smallest absolute Gasteiger partial charge is 0.240 e. The van der Waals surface area contributed by atoms with Crippen molar-refractivity contribution in [3.63, 3.8) is 0 Å². The lowest BCUT2D eigenvalue weighted by Gasteiger charge is -2.16. The Morgan fingerprint density at radius 3 is 2.13 bits per heavy atom. The van der Waals surface area contributed by atoms with Crippen LogP contribution in [-0.4, -0.2) is 28.5 Å². The van der Waals surface area contributed by atoms with Crippen molar-refractivity contribution >= 4 is 66.3 Å². The van der Waals surface area contributed by atoms with E-state index in [1.54, 1.807) is 0 Å². The summed E-state index contributed by atoms with van der Waals surface area (Å²) in [6.07, 6.45) is 1.51. The van der Waals surface area contributed by atoms with Crippen LogP contribution >= 0.6 is 35.4 Å². The highest BCUT2D eigenvalue weighted by molar-refractivity contribution is 7.90. The van der Waals surface area contributed by atoms with Crippen molar-refractivity contribution < 1.29 is 16.8 Å². The van der Waals surface area contributed by atoms with Crippen molar-refractivity contribution in [2.45, 2.75) is 9.79 Å². The number of benzene rings is 1. The third kappa shape index (κ3) is 5.01. The first-order valence-corrected chi connectivity index (χ1v) is 9.88. The van der Waals surface area contributed by atoms with Gasteiger partial charge in [-0.2, -0.15) is 0 Å². The molecule has 128 valence electrons. The molecule has 0 fully saturated rings. The van der Waals surface area contributed by atoms with Crippen LogP contribution in [0.4, 0.5) is 5.69 Å². The predicted octanol–water partition coefficient (Wildman–Crippen LogP) is 0.761. The summed E-state index contributed by atoms with van der Waals surface area (Å²) in [5.74, 6) is 0. The van der Waals surface area contributed by atoms with Crippen molar-refractivity contribution in [2.75, 3.05) is 11.9 Å². The molecule has 8 nitrogen and oxygen atoms in total. The number of nitrogens with one attached hydrogen (secondary N) is 2. The maximum absolute atomic E-state index is 11.7. The van der Waals surface area contributed by atoms with Crippen molar-refractivity contribution in [2.24, 2.45) is 10.3 Å². The number of halogens is 2. The zero-order valence-electron chi connectivity index (χ0n) is 11.3. The van der Waals surface area contributed by atoms with E-state index in [1.807, 2.05) is 0 Å². The Hall–Kier alpha value is -0.950. The number of anilines is 1. The summed E-state index contributed by atoms with van der Waals surface area (Å²) in [5.41, 5.74) is -0.270. The molecule has 0 unspecified atom stereocenters. The van der Waals surface area contributed by atoms with Crippen LogP contribution in [0.15, 0.2) is 28.5 Å². The molecule has 6 N–H and O–H groups in total. The number of sulfonamides is 2. The first-order valence-electron chi connectivity index (χ1n) is 5.63. The molecule has 0 aliphatic rings. The molecule has 0 saturated carbocycles. The van der Waals surface area contributed by atoms with Gasteiger partial charge in [-0.3, -0.25) is 0 Å². The largest absolute Gasteiger partial charge is 0.359 e. The molecule has 0 saturated heterocycles. The first-order chi connectivity index (χ1) is 10.4. The van der Waals surface area contributed by atoms with E-state index in [9.17, 15) is 16.8 Å². The first kappa shape index (κ1) is 20.1. The van der Waals surface area contributed by atoms with Crippen LogP contribution in [0.25, 0.3) is 0 Å². The summed E-state index contributed by atoms with van der Waals surface area (Å²) in [6.45, 7) is 3.76. The summed E-state index contributed by atoms with van der Waals surface area (Å²) in [7, 11) is -8.68. The summed E-state index contributed by atoms with van der Waals surface area (Å²) in [4.78, 5) is -1.30. The second kappa shape index (κ2) is 7.30. The van der Waals surface area contributed by atoms with Crippen molar-refractivity contribution in [3.8, 4) is 0 Å². The Labute approximate surface area is 148 Å². The minimum Gasteiger partial charge on any atom is -0.359 e. The molecular formula is C10H12Cl2N4O4S3. The quantitative estimate of drug-likeness (QED) is 0.407. The second-order valence-electron chi connectivity index (χ2n) is 4.09. The molecule has 1 aromatic carbocycles. The van der Waals surface area contributed by atoms with Gasteiger partial charge in [0.15, 0.2) is 5.11 Å². The third-order valence-corrected chi connectivity index (χ3v) is 5.49. The predicted molar refractivity (Wildman–Crippen MR) is 93.6 cm³/mol. The molecule has 0 heterocycles. The molecule has 0 aromatic heterocycles. The number of primary sulfonamides is 2. The second-order valence-corrected chi connectivity index (χ2v) is 8.31. The lowest BCUT2D eigenvalue weighted by atomic mass is 10.3. The van der Waals surface area contributed by atoms with E-state index in [2.05, 4.69) is 17.2 Å². The summed E-state index contributed by atoms with van der Waals surface area (Å²) in [6, 6.07) is 0.706. The van der Waals surface area contributed by atoms with E-state index in [0.29, 0.717) is 6.07 Å². The molecule has 0 aliphatic carbocycles. The molecule has 1 aromatic rings. The number of rotatable bonds is 5. The van der Waals surface area contributed by atoms with E-state index >= 15 is 0 Å². The van der Waals surface area contributed by atoms with Gasteiger partial charge in [0.25, 0.3) is 0 Å². The zero-order chi connectivity index (χ0) is 18.0. The number of hydrogen-bond acceptors (Lipinski definition) is 5. The SMILES string of the molecule is C=CCNC(=S)Nc1c(S(N)(=O)=O)cc(S(N)(=O)=O)c(Cl)c1Cl. The van der Waals surface area contributed by atoms with Gasteiger partial charge in [0, 0.05) is 6.54 Å². The van der Waals surface area contributed by atoms with Crippen LogP contribution in [0.3, 0.4) is 0 Å². The van der Waals surface area contributed by atoms with Gasteiger partial charge >= 0.3 is 0 Å². The molecule has 0 radical (unpaired) electrons. The van der Waals surface area contributed by atoms with Gasteiger partial charge in [0.1, 0.15) is 9.79 Å². The van der Waals surface area contributed by atoms with E-state index < -0.39 is 39.9 Å². The van der Waals surface area contributed by atoms with E-state index in [4.69, 9.17) is 45.7 Å². The standard InChI is InChI=1S/C10H12Cl2N4O4S3/c1-2-3-15-10(21)16-9-6(23(14,19)20)4-5(22(13,17)18)7(11)8(9)12/h2,4H,1,3H2,(H2,13,17,18)(H2,14,19,20)(H2,15,16,21). The molecule has 13 heteroatoms. The third-order valence-electron chi connectivity index (χ3n) is 2.40.